The number of hydrogen-bond acceptors (Lipinski definition) is 5. The number of hydrogen-bond donors (Lipinski definition) is 1. The average Bonchev–Trinajstić information content (AvgIpc) is 2.90. The van der Waals surface area contributed by atoms with Crippen LogP contribution in [0.4, 0.5) is 0 Å². The minimum absolute atomic E-state index is 0.435. The van der Waals surface area contributed by atoms with Crippen LogP contribution in [-0.4, -0.2) is 28.2 Å². The lowest BCUT2D eigenvalue weighted by Gasteiger charge is -2.22. The van der Waals surface area contributed by atoms with Gasteiger partial charge in [0, 0.05) is 12.6 Å². The van der Waals surface area contributed by atoms with Gasteiger partial charge < -0.3 is 9.63 Å². The molecule has 0 aliphatic heterocycles. The molecule has 18 heavy (non-hydrogen) atoms. The van der Waals surface area contributed by atoms with Crippen molar-refractivity contribution in [3.05, 3.63) is 39.9 Å². The van der Waals surface area contributed by atoms with Gasteiger partial charge in [0.15, 0.2) is 0 Å². The van der Waals surface area contributed by atoms with Gasteiger partial charge in [0.05, 0.1) is 5.69 Å². The molecule has 0 amide bonds. The Kier molecular flexibility index (Phi) is 3.78. The molecule has 2 rings (SSSR count). The third-order valence-electron chi connectivity index (χ3n) is 2.62. The first-order valence-electron chi connectivity index (χ1n) is 5.45. The van der Waals surface area contributed by atoms with Crippen molar-refractivity contribution in [3.63, 3.8) is 0 Å². The van der Waals surface area contributed by atoms with Crippen molar-refractivity contribution in [1.82, 2.24) is 10.1 Å². The Morgan fingerprint density at radius 2 is 2.44 bits per heavy atom. The first-order valence-corrected chi connectivity index (χ1v) is 6.39. The molecule has 0 saturated carbocycles. The van der Waals surface area contributed by atoms with Gasteiger partial charge in [-0.15, -0.1) is 0 Å². The first-order chi connectivity index (χ1) is 8.58. The molecular formula is C12H14N2O3S. The number of aromatic nitrogens is 1. The standard InChI is InChI=1S/C12H14N2O3S/c1-8-5-10(13-17-8)6-14(2)11(12(15)16)9-3-4-18-7-9/h3-5,7,11H,6H2,1-2H3,(H,15,16). The van der Waals surface area contributed by atoms with E-state index in [1.807, 2.05) is 29.8 Å². The van der Waals surface area contributed by atoms with Crippen molar-refractivity contribution >= 4 is 17.3 Å². The molecule has 0 radical (unpaired) electrons. The zero-order valence-electron chi connectivity index (χ0n) is 10.2. The Labute approximate surface area is 109 Å². The Morgan fingerprint density at radius 3 is 2.94 bits per heavy atom. The third kappa shape index (κ3) is 2.77. The number of aliphatic carboxylic acids is 1. The summed E-state index contributed by atoms with van der Waals surface area (Å²) in [5.74, 6) is -0.142. The summed E-state index contributed by atoms with van der Waals surface area (Å²) in [6.07, 6.45) is 0. The predicted molar refractivity (Wildman–Crippen MR) is 67.4 cm³/mol. The van der Waals surface area contributed by atoms with Crippen LogP contribution in [0.25, 0.3) is 0 Å². The van der Waals surface area contributed by atoms with E-state index in [0.29, 0.717) is 6.54 Å². The van der Waals surface area contributed by atoms with Crippen LogP contribution in [0.1, 0.15) is 23.1 Å². The van der Waals surface area contributed by atoms with Crippen LogP contribution in [-0.2, 0) is 11.3 Å². The fourth-order valence-corrected chi connectivity index (χ4v) is 2.53. The molecule has 0 spiro atoms. The topological polar surface area (TPSA) is 66.6 Å². The molecule has 0 fully saturated rings. The van der Waals surface area contributed by atoms with E-state index in [1.165, 1.54) is 11.3 Å². The SMILES string of the molecule is Cc1cc(CN(C)C(C(=O)O)c2ccsc2)no1. The highest BCUT2D eigenvalue weighted by Gasteiger charge is 2.25. The van der Waals surface area contributed by atoms with Crippen LogP contribution in [0.15, 0.2) is 27.4 Å². The van der Waals surface area contributed by atoms with Crippen LogP contribution in [0.3, 0.4) is 0 Å². The molecule has 6 heteroatoms. The van der Waals surface area contributed by atoms with Crippen LogP contribution in [0, 0.1) is 6.92 Å². The van der Waals surface area contributed by atoms with E-state index in [1.54, 1.807) is 11.9 Å². The number of likely N-dealkylation sites (N-methyl/N-ethyl adjacent to an activating group) is 1. The average molecular weight is 266 g/mol. The minimum Gasteiger partial charge on any atom is -0.480 e. The number of rotatable bonds is 5. The maximum atomic E-state index is 11.4. The second-order valence-corrected chi connectivity index (χ2v) is 4.92. The smallest absolute Gasteiger partial charge is 0.325 e. The highest BCUT2D eigenvalue weighted by molar-refractivity contribution is 7.08. The minimum atomic E-state index is -0.865. The van der Waals surface area contributed by atoms with Gasteiger partial charge >= 0.3 is 5.97 Å². The van der Waals surface area contributed by atoms with E-state index < -0.39 is 12.0 Å². The summed E-state index contributed by atoms with van der Waals surface area (Å²) in [6.45, 7) is 2.24. The molecule has 2 aromatic heterocycles. The zero-order chi connectivity index (χ0) is 13.1. The summed E-state index contributed by atoms with van der Waals surface area (Å²) in [4.78, 5) is 13.1. The Balaban J connectivity index is 2.14. The molecule has 0 aliphatic rings. The lowest BCUT2D eigenvalue weighted by Crippen LogP contribution is -2.30. The highest BCUT2D eigenvalue weighted by Crippen LogP contribution is 2.23. The zero-order valence-corrected chi connectivity index (χ0v) is 11.0. The summed E-state index contributed by atoms with van der Waals surface area (Å²) in [7, 11) is 1.76. The molecule has 1 N–H and O–H groups in total. The van der Waals surface area contributed by atoms with Crippen molar-refractivity contribution in [2.75, 3.05) is 7.05 Å². The number of nitrogens with zero attached hydrogens (tertiary/aromatic N) is 2. The van der Waals surface area contributed by atoms with Gasteiger partial charge in [-0.2, -0.15) is 11.3 Å². The molecule has 0 aliphatic carbocycles. The van der Waals surface area contributed by atoms with E-state index in [4.69, 9.17) is 4.52 Å². The number of aryl methyl sites for hydroxylation is 1. The number of carbonyl (C=O) groups is 1. The monoisotopic (exact) mass is 266 g/mol. The van der Waals surface area contributed by atoms with E-state index in [-0.39, 0.29) is 0 Å². The molecule has 1 unspecified atom stereocenters. The number of carboxylic acids is 1. The van der Waals surface area contributed by atoms with Crippen molar-refractivity contribution in [2.24, 2.45) is 0 Å². The van der Waals surface area contributed by atoms with Crippen molar-refractivity contribution in [1.29, 1.82) is 0 Å². The number of carboxylic acid groups (broad SMARTS) is 1. The van der Waals surface area contributed by atoms with Crippen LogP contribution in [0.5, 0.6) is 0 Å². The van der Waals surface area contributed by atoms with Gasteiger partial charge in [-0.05, 0) is 36.4 Å². The molecule has 0 aromatic carbocycles. The predicted octanol–water partition coefficient (Wildman–Crippen LogP) is 2.30. The van der Waals surface area contributed by atoms with E-state index in [2.05, 4.69) is 5.16 Å². The third-order valence-corrected chi connectivity index (χ3v) is 3.32. The lowest BCUT2D eigenvalue weighted by atomic mass is 10.1. The highest BCUT2D eigenvalue weighted by atomic mass is 32.1. The summed E-state index contributed by atoms with van der Waals surface area (Å²) in [6, 6.07) is 2.98. The fourth-order valence-electron chi connectivity index (χ4n) is 1.86. The van der Waals surface area contributed by atoms with Crippen molar-refractivity contribution < 1.29 is 14.4 Å². The van der Waals surface area contributed by atoms with Gasteiger partial charge in [0.25, 0.3) is 0 Å². The Morgan fingerprint density at radius 1 is 1.67 bits per heavy atom. The molecule has 1 atom stereocenters. The van der Waals surface area contributed by atoms with E-state index in [9.17, 15) is 9.90 Å². The van der Waals surface area contributed by atoms with Crippen LogP contribution in [0.2, 0.25) is 0 Å². The second-order valence-electron chi connectivity index (χ2n) is 4.14. The molecular weight excluding hydrogens is 252 g/mol. The molecule has 96 valence electrons. The van der Waals surface area contributed by atoms with Gasteiger partial charge in [-0.1, -0.05) is 5.16 Å². The van der Waals surface area contributed by atoms with E-state index >= 15 is 0 Å². The molecule has 5 nitrogen and oxygen atoms in total. The molecule has 0 saturated heterocycles. The number of thiophene rings is 1. The van der Waals surface area contributed by atoms with E-state index in [0.717, 1.165) is 17.0 Å². The first kappa shape index (κ1) is 12.8. The van der Waals surface area contributed by atoms with Crippen molar-refractivity contribution in [2.45, 2.75) is 19.5 Å². The maximum Gasteiger partial charge on any atom is 0.325 e. The fraction of sp³-hybridized carbons (Fsp3) is 0.333. The Bertz CT molecular complexity index is 521. The summed E-state index contributed by atoms with van der Waals surface area (Å²) >= 11 is 1.49. The molecule has 0 bridgehead atoms. The maximum absolute atomic E-state index is 11.4. The van der Waals surface area contributed by atoms with Crippen LogP contribution >= 0.6 is 11.3 Å². The largest absolute Gasteiger partial charge is 0.480 e. The lowest BCUT2D eigenvalue weighted by molar-refractivity contribution is -0.143. The van der Waals surface area contributed by atoms with Crippen molar-refractivity contribution in [3.8, 4) is 0 Å². The second kappa shape index (κ2) is 5.32. The molecule has 2 heterocycles. The van der Waals surface area contributed by atoms with Gasteiger partial charge in [-0.3, -0.25) is 9.69 Å². The van der Waals surface area contributed by atoms with Gasteiger partial charge in [-0.25, -0.2) is 0 Å². The van der Waals surface area contributed by atoms with Gasteiger partial charge in [0.2, 0.25) is 0 Å². The normalized spacial score (nSPS) is 12.8. The summed E-state index contributed by atoms with van der Waals surface area (Å²) in [5.41, 5.74) is 1.52. The summed E-state index contributed by atoms with van der Waals surface area (Å²) < 4.78 is 4.97. The van der Waals surface area contributed by atoms with Gasteiger partial charge in [0.1, 0.15) is 11.8 Å². The quantitative estimate of drug-likeness (QED) is 0.899. The summed E-state index contributed by atoms with van der Waals surface area (Å²) in [5, 5.41) is 16.9. The Hall–Kier alpha value is -1.66. The van der Waals surface area contributed by atoms with Crippen LogP contribution < -0.4 is 0 Å². The molecule has 2 aromatic rings.